The van der Waals surface area contributed by atoms with Crippen LogP contribution in [0.15, 0.2) is 42.6 Å². The molecule has 0 saturated heterocycles. The van der Waals surface area contributed by atoms with E-state index >= 15 is 0 Å². The first-order chi connectivity index (χ1) is 10.0. The molecule has 1 heterocycles. The zero-order chi connectivity index (χ0) is 15.2. The number of carboxylic acid groups (broad SMARTS) is 1. The monoisotopic (exact) mass is 288 g/mol. The summed E-state index contributed by atoms with van der Waals surface area (Å²) >= 11 is 0. The molecule has 0 fully saturated rings. The van der Waals surface area contributed by atoms with Crippen LogP contribution in [0.1, 0.15) is 21.6 Å². The summed E-state index contributed by atoms with van der Waals surface area (Å²) in [6, 6.07) is 9.66. The maximum atomic E-state index is 13.4. The van der Waals surface area contributed by atoms with Gasteiger partial charge in [-0.05, 0) is 42.9 Å². The number of pyridine rings is 1. The number of halogens is 1. The molecule has 110 valence electrons. The summed E-state index contributed by atoms with van der Waals surface area (Å²) in [6.07, 6.45) is 2.54. The Balaban J connectivity index is 1.96. The van der Waals surface area contributed by atoms with Gasteiger partial charge < -0.3 is 10.0 Å². The lowest BCUT2D eigenvalue weighted by molar-refractivity contribution is 0.0696. The van der Waals surface area contributed by atoms with E-state index in [2.05, 4.69) is 4.98 Å². The number of carboxylic acids is 1. The minimum atomic E-state index is -1.12. The fourth-order valence-electron chi connectivity index (χ4n) is 2.11. The van der Waals surface area contributed by atoms with Crippen molar-refractivity contribution in [1.82, 2.24) is 9.88 Å². The predicted molar refractivity (Wildman–Crippen MR) is 77.6 cm³/mol. The molecule has 0 unspecified atom stereocenters. The van der Waals surface area contributed by atoms with Gasteiger partial charge in [0.15, 0.2) is 0 Å². The number of hydrogen-bond donors (Lipinski definition) is 1. The third kappa shape index (κ3) is 4.65. The number of nitrogens with zero attached hydrogens (tertiary/aromatic N) is 2. The van der Waals surface area contributed by atoms with Crippen LogP contribution in [-0.4, -0.2) is 34.6 Å². The van der Waals surface area contributed by atoms with Crippen LogP contribution in [0, 0.1) is 5.82 Å². The molecule has 0 saturated carbocycles. The van der Waals surface area contributed by atoms with Crippen molar-refractivity contribution in [3.8, 4) is 0 Å². The highest BCUT2D eigenvalue weighted by Gasteiger charge is 2.09. The third-order valence-electron chi connectivity index (χ3n) is 3.13. The summed E-state index contributed by atoms with van der Waals surface area (Å²) in [5.74, 6) is -1.64. The molecule has 0 amide bonds. The number of hydrogen-bond acceptors (Lipinski definition) is 3. The van der Waals surface area contributed by atoms with Gasteiger partial charge in [-0.2, -0.15) is 0 Å². The van der Waals surface area contributed by atoms with Crippen LogP contribution in [-0.2, 0) is 13.0 Å². The molecule has 2 rings (SSSR count). The van der Waals surface area contributed by atoms with Crippen LogP contribution in [0.5, 0.6) is 0 Å². The van der Waals surface area contributed by atoms with E-state index in [0.717, 1.165) is 24.7 Å². The smallest absolute Gasteiger partial charge is 0.335 e. The predicted octanol–water partition coefficient (Wildman–Crippen LogP) is 2.59. The zero-order valence-corrected chi connectivity index (χ0v) is 11.8. The molecule has 0 spiro atoms. The topological polar surface area (TPSA) is 53.4 Å². The molecule has 0 aliphatic carbocycles. The lowest BCUT2D eigenvalue weighted by Gasteiger charge is -2.16. The van der Waals surface area contributed by atoms with Crippen molar-refractivity contribution in [2.75, 3.05) is 13.6 Å². The van der Waals surface area contributed by atoms with Crippen molar-refractivity contribution in [3.05, 3.63) is 65.2 Å². The molecule has 0 aliphatic heterocycles. The third-order valence-corrected chi connectivity index (χ3v) is 3.13. The van der Waals surface area contributed by atoms with E-state index in [1.54, 1.807) is 6.20 Å². The van der Waals surface area contributed by atoms with Crippen molar-refractivity contribution in [2.24, 2.45) is 0 Å². The number of aromatic carboxylic acids is 1. The molecule has 0 aliphatic rings. The lowest BCUT2D eigenvalue weighted by atomic mass is 10.1. The second kappa shape index (κ2) is 6.95. The SMILES string of the molecule is CN(CCc1ccccn1)Cc1cc(F)cc(C(=O)O)c1. The maximum Gasteiger partial charge on any atom is 0.335 e. The van der Waals surface area contributed by atoms with Crippen molar-refractivity contribution in [3.63, 3.8) is 0 Å². The molecule has 5 heteroatoms. The average molecular weight is 288 g/mol. The first-order valence-electron chi connectivity index (χ1n) is 6.66. The molecular weight excluding hydrogens is 271 g/mol. The van der Waals surface area contributed by atoms with E-state index < -0.39 is 11.8 Å². The Kier molecular flexibility index (Phi) is 5.00. The first kappa shape index (κ1) is 15.1. The molecule has 0 bridgehead atoms. The van der Waals surface area contributed by atoms with Gasteiger partial charge in [-0.25, -0.2) is 9.18 Å². The highest BCUT2D eigenvalue weighted by Crippen LogP contribution is 2.11. The maximum absolute atomic E-state index is 13.4. The van der Waals surface area contributed by atoms with Crippen LogP contribution in [0.4, 0.5) is 4.39 Å². The van der Waals surface area contributed by atoms with Gasteiger partial charge in [-0.1, -0.05) is 6.07 Å². The summed E-state index contributed by atoms with van der Waals surface area (Å²) in [4.78, 5) is 17.2. The number of aromatic nitrogens is 1. The van der Waals surface area contributed by atoms with Crippen molar-refractivity contribution >= 4 is 5.97 Å². The van der Waals surface area contributed by atoms with Gasteiger partial charge in [0.05, 0.1) is 5.56 Å². The molecule has 2 aromatic rings. The van der Waals surface area contributed by atoms with E-state index in [9.17, 15) is 9.18 Å². The summed E-state index contributed by atoms with van der Waals surface area (Å²) in [6.45, 7) is 1.25. The van der Waals surface area contributed by atoms with Gasteiger partial charge in [-0.15, -0.1) is 0 Å². The normalized spacial score (nSPS) is 10.8. The second-order valence-electron chi connectivity index (χ2n) is 4.96. The van der Waals surface area contributed by atoms with E-state index in [-0.39, 0.29) is 5.56 Å². The summed E-state index contributed by atoms with van der Waals surface area (Å²) in [7, 11) is 1.91. The number of benzene rings is 1. The first-order valence-corrected chi connectivity index (χ1v) is 6.66. The van der Waals surface area contributed by atoms with Crippen LogP contribution in [0.3, 0.4) is 0 Å². The minimum absolute atomic E-state index is 0.0249. The van der Waals surface area contributed by atoms with E-state index in [4.69, 9.17) is 5.11 Å². The molecule has 1 aromatic carbocycles. The summed E-state index contributed by atoms with van der Waals surface area (Å²) in [5, 5.41) is 8.93. The Hall–Kier alpha value is -2.27. The Labute approximate surface area is 122 Å². The molecule has 1 aromatic heterocycles. The zero-order valence-electron chi connectivity index (χ0n) is 11.8. The van der Waals surface area contributed by atoms with Crippen LogP contribution in [0.25, 0.3) is 0 Å². The molecule has 0 atom stereocenters. The summed E-state index contributed by atoms with van der Waals surface area (Å²) in [5.41, 5.74) is 1.62. The van der Waals surface area contributed by atoms with E-state index in [1.807, 2.05) is 30.1 Å². The number of rotatable bonds is 6. The standard InChI is InChI=1S/C16H17FN2O2/c1-19(7-5-15-4-2-3-6-18-15)11-12-8-13(16(20)21)10-14(17)9-12/h2-4,6,8-10H,5,7,11H2,1H3,(H,20,21). The summed E-state index contributed by atoms with van der Waals surface area (Å²) < 4.78 is 13.4. The Morgan fingerprint density at radius 1 is 1.33 bits per heavy atom. The fourth-order valence-corrected chi connectivity index (χ4v) is 2.11. The number of carbonyl (C=O) groups is 1. The second-order valence-corrected chi connectivity index (χ2v) is 4.96. The molecule has 21 heavy (non-hydrogen) atoms. The van der Waals surface area contributed by atoms with Crippen molar-refractivity contribution < 1.29 is 14.3 Å². The van der Waals surface area contributed by atoms with Crippen LogP contribution >= 0.6 is 0 Å². The van der Waals surface area contributed by atoms with E-state index in [0.29, 0.717) is 12.1 Å². The minimum Gasteiger partial charge on any atom is -0.478 e. The van der Waals surface area contributed by atoms with Crippen LogP contribution < -0.4 is 0 Å². The van der Waals surface area contributed by atoms with Gasteiger partial charge >= 0.3 is 5.97 Å². The average Bonchev–Trinajstić information content (AvgIpc) is 2.45. The Morgan fingerprint density at radius 2 is 2.14 bits per heavy atom. The Bertz CT molecular complexity index is 617. The van der Waals surface area contributed by atoms with Crippen molar-refractivity contribution in [2.45, 2.75) is 13.0 Å². The molecule has 4 nitrogen and oxygen atoms in total. The molecule has 1 N–H and O–H groups in total. The van der Waals surface area contributed by atoms with Gasteiger partial charge in [0.25, 0.3) is 0 Å². The van der Waals surface area contributed by atoms with Gasteiger partial charge in [0, 0.05) is 31.4 Å². The van der Waals surface area contributed by atoms with E-state index in [1.165, 1.54) is 12.1 Å². The largest absolute Gasteiger partial charge is 0.478 e. The van der Waals surface area contributed by atoms with Crippen LogP contribution in [0.2, 0.25) is 0 Å². The highest BCUT2D eigenvalue weighted by atomic mass is 19.1. The number of likely N-dealkylation sites (N-methyl/N-ethyl adjacent to an activating group) is 1. The quantitative estimate of drug-likeness (QED) is 0.887. The molecule has 0 radical (unpaired) electrons. The lowest BCUT2D eigenvalue weighted by Crippen LogP contribution is -2.21. The Morgan fingerprint density at radius 3 is 2.81 bits per heavy atom. The van der Waals surface area contributed by atoms with Gasteiger partial charge in [0.2, 0.25) is 0 Å². The molecular formula is C16H17FN2O2. The van der Waals surface area contributed by atoms with Gasteiger partial charge in [-0.3, -0.25) is 4.98 Å². The van der Waals surface area contributed by atoms with Gasteiger partial charge in [0.1, 0.15) is 5.82 Å². The highest BCUT2D eigenvalue weighted by molar-refractivity contribution is 5.87. The fraction of sp³-hybridized carbons (Fsp3) is 0.250. The van der Waals surface area contributed by atoms with Crippen molar-refractivity contribution in [1.29, 1.82) is 0 Å².